The summed E-state index contributed by atoms with van der Waals surface area (Å²) in [6.07, 6.45) is 1.17. The normalized spacial score (nSPS) is 11.9. The second kappa shape index (κ2) is 8.31. The molecule has 0 saturated carbocycles. The summed E-state index contributed by atoms with van der Waals surface area (Å²) in [4.78, 5) is 14.5. The summed E-state index contributed by atoms with van der Waals surface area (Å²) in [5, 5.41) is 0.575. The summed E-state index contributed by atoms with van der Waals surface area (Å²) < 4.78 is 28.7. The Morgan fingerprint density at radius 3 is 2.22 bits per heavy atom. The Kier molecular flexibility index (Phi) is 6.54. The number of halogens is 1. The van der Waals surface area contributed by atoms with E-state index in [9.17, 15) is 13.2 Å². The standard InChI is InChI=1S/C20H24ClNO4S/c1-20(2,3)22(12-13-27(4,24)25)19(23)15-8-10-17(11-9-15)26-18-7-5-6-16(21)14-18/h5-11,14H,12-13H2,1-4H3. The SMILES string of the molecule is CC(C)(C)N(CCS(C)(=O)=O)C(=O)c1ccc(Oc2cccc(Cl)c2)cc1. The van der Waals surface area contributed by atoms with Crippen LogP contribution in [0.1, 0.15) is 31.1 Å². The first-order chi connectivity index (χ1) is 12.5. The maximum absolute atomic E-state index is 12.9. The summed E-state index contributed by atoms with van der Waals surface area (Å²) in [5.74, 6) is 0.880. The Balaban J connectivity index is 2.16. The summed E-state index contributed by atoms with van der Waals surface area (Å²) >= 11 is 5.94. The molecule has 0 atom stereocenters. The molecular weight excluding hydrogens is 386 g/mol. The van der Waals surface area contributed by atoms with Crippen LogP contribution in [-0.2, 0) is 9.84 Å². The van der Waals surface area contributed by atoms with Crippen LogP contribution in [0.25, 0.3) is 0 Å². The number of ether oxygens (including phenoxy) is 1. The molecule has 7 heteroatoms. The molecular formula is C20H24ClNO4S. The highest BCUT2D eigenvalue weighted by Gasteiger charge is 2.28. The summed E-state index contributed by atoms with van der Waals surface area (Å²) in [6, 6.07) is 13.8. The van der Waals surface area contributed by atoms with Crippen molar-refractivity contribution in [1.82, 2.24) is 4.90 Å². The molecule has 0 N–H and O–H groups in total. The molecule has 0 bridgehead atoms. The molecule has 0 spiro atoms. The van der Waals surface area contributed by atoms with Crippen LogP contribution in [0.2, 0.25) is 5.02 Å². The minimum Gasteiger partial charge on any atom is -0.457 e. The topological polar surface area (TPSA) is 63.7 Å². The number of nitrogens with zero attached hydrogens (tertiary/aromatic N) is 1. The van der Waals surface area contributed by atoms with Crippen molar-refractivity contribution in [2.75, 3.05) is 18.6 Å². The van der Waals surface area contributed by atoms with Gasteiger partial charge in [0.15, 0.2) is 0 Å². The van der Waals surface area contributed by atoms with Crippen molar-refractivity contribution in [3.05, 3.63) is 59.1 Å². The smallest absolute Gasteiger partial charge is 0.254 e. The molecule has 2 aromatic rings. The molecule has 27 heavy (non-hydrogen) atoms. The van der Waals surface area contributed by atoms with Crippen molar-refractivity contribution in [3.63, 3.8) is 0 Å². The van der Waals surface area contributed by atoms with E-state index in [0.717, 1.165) is 0 Å². The number of rotatable bonds is 6. The van der Waals surface area contributed by atoms with Crippen LogP contribution in [0, 0.1) is 0 Å². The predicted octanol–water partition coefficient (Wildman–Crippen LogP) is 4.42. The third-order valence-corrected chi connectivity index (χ3v) is 5.03. The highest BCUT2D eigenvalue weighted by molar-refractivity contribution is 7.90. The number of carbonyl (C=O) groups excluding carboxylic acids is 1. The third-order valence-electron chi connectivity index (χ3n) is 3.87. The first kappa shape index (κ1) is 21.3. The monoisotopic (exact) mass is 409 g/mol. The van der Waals surface area contributed by atoms with Crippen molar-refractivity contribution in [1.29, 1.82) is 0 Å². The summed E-state index contributed by atoms with van der Waals surface area (Å²) in [6.45, 7) is 5.78. The maximum Gasteiger partial charge on any atom is 0.254 e. The number of hydrogen-bond acceptors (Lipinski definition) is 4. The number of carbonyl (C=O) groups is 1. The van der Waals surface area contributed by atoms with Gasteiger partial charge in [0.05, 0.1) is 5.75 Å². The van der Waals surface area contributed by atoms with Crippen LogP contribution in [0.15, 0.2) is 48.5 Å². The van der Waals surface area contributed by atoms with Crippen LogP contribution < -0.4 is 4.74 Å². The van der Waals surface area contributed by atoms with Crippen LogP contribution >= 0.6 is 11.6 Å². The van der Waals surface area contributed by atoms with Crippen LogP contribution in [-0.4, -0.2) is 43.3 Å². The van der Waals surface area contributed by atoms with Crippen molar-refractivity contribution < 1.29 is 17.9 Å². The van der Waals surface area contributed by atoms with Crippen LogP contribution in [0.4, 0.5) is 0 Å². The zero-order valence-electron chi connectivity index (χ0n) is 15.9. The lowest BCUT2D eigenvalue weighted by molar-refractivity contribution is 0.0601. The van der Waals surface area contributed by atoms with E-state index in [1.54, 1.807) is 53.4 Å². The Morgan fingerprint density at radius 2 is 1.70 bits per heavy atom. The summed E-state index contributed by atoms with van der Waals surface area (Å²) in [7, 11) is -3.16. The lowest BCUT2D eigenvalue weighted by Crippen LogP contribution is -2.47. The van der Waals surface area contributed by atoms with Gasteiger partial charge in [0, 0.05) is 28.9 Å². The van der Waals surface area contributed by atoms with Gasteiger partial charge in [-0.3, -0.25) is 4.79 Å². The van der Waals surface area contributed by atoms with Gasteiger partial charge >= 0.3 is 0 Å². The van der Waals surface area contributed by atoms with Crippen molar-refractivity contribution in [2.24, 2.45) is 0 Å². The first-order valence-electron chi connectivity index (χ1n) is 8.49. The van der Waals surface area contributed by atoms with Crippen molar-refractivity contribution in [2.45, 2.75) is 26.3 Å². The molecule has 0 unspecified atom stereocenters. The molecule has 1 amide bonds. The van der Waals surface area contributed by atoms with E-state index in [-0.39, 0.29) is 18.2 Å². The number of sulfone groups is 1. The fraction of sp³-hybridized carbons (Fsp3) is 0.350. The molecule has 146 valence electrons. The quantitative estimate of drug-likeness (QED) is 0.708. The van der Waals surface area contributed by atoms with Gasteiger partial charge in [0.1, 0.15) is 21.3 Å². The largest absolute Gasteiger partial charge is 0.457 e. The van der Waals surface area contributed by atoms with E-state index in [2.05, 4.69) is 0 Å². The molecule has 5 nitrogen and oxygen atoms in total. The number of hydrogen-bond donors (Lipinski definition) is 0. The van der Waals surface area contributed by atoms with Crippen LogP contribution in [0.5, 0.6) is 11.5 Å². The number of benzene rings is 2. The molecule has 0 aliphatic heterocycles. The van der Waals surface area contributed by atoms with Gasteiger partial charge in [0.2, 0.25) is 0 Å². The van der Waals surface area contributed by atoms with Crippen molar-refractivity contribution in [3.8, 4) is 11.5 Å². The van der Waals surface area contributed by atoms with Gasteiger partial charge in [-0.25, -0.2) is 8.42 Å². The Labute approximate surface area is 165 Å². The second-order valence-corrected chi connectivity index (χ2v) is 10.0. The third kappa shape index (κ3) is 6.56. The fourth-order valence-electron chi connectivity index (χ4n) is 2.49. The predicted molar refractivity (Wildman–Crippen MR) is 108 cm³/mol. The van der Waals surface area contributed by atoms with Gasteiger partial charge < -0.3 is 9.64 Å². The molecule has 2 rings (SSSR count). The fourth-order valence-corrected chi connectivity index (χ4v) is 3.18. The Bertz CT molecular complexity index is 902. The maximum atomic E-state index is 12.9. The zero-order valence-corrected chi connectivity index (χ0v) is 17.5. The van der Waals surface area contributed by atoms with E-state index in [4.69, 9.17) is 16.3 Å². The van der Waals surface area contributed by atoms with Gasteiger partial charge in [-0.1, -0.05) is 17.7 Å². The molecule has 0 aliphatic carbocycles. The van der Waals surface area contributed by atoms with E-state index < -0.39 is 15.4 Å². The Hall–Kier alpha value is -2.05. The molecule has 0 saturated heterocycles. The second-order valence-electron chi connectivity index (χ2n) is 7.34. The van der Waals surface area contributed by atoms with E-state index in [0.29, 0.717) is 22.1 Å². The van der Waals surface area contributed by atoms with E-state index >= 15 is 0 Å². The summed E-state index contributed by atoms with van der Waals surface area (Å²) in [5.41, 5.74) is -0.0329. The lowest BCUT2D eigenvalue weighted by Gasteiger charge is -2.35. The van der Waals surface area contributed by atoms with Gasteiger partial charge in [0.25, 0.3) is 5.91 Å². The molecule has 0 heterocycles. The van der Waals surface area contributed by atoms with Crippen LogP contribution in [0.3, 0.4) is 0 Å². The van der Waals surface area contributed by atoms with Crippen molar-refractivity contribution >= 4 is 27.3 Å². The molecule has 0 radical (unpaired) electrons. The molecule has 0 aliphatic rings. The number of amides is 1. The minimum absolute atomic E-state index is 0.0774. The van der Waals surface area contributed by atoms with Gasteiger partial charge in [-0.15, -0.1) is 0 Å². The average Bonchev–Trinajstić information content (AvgIpc) is 2.53. The van der Waals surface area contributed by atoms with E-state index in [1.807, 2.05) is 20.8 Å². The highest BCUT2D eigenvalue weighted by atomic mass is 35.5. The first-order valence-corrected chi connectivity index (χ1v) is 10.9. The molecule has 0 fully saturated rings. The van der Waals surface area contributed by atoms with E-state index in [1.165, 1.54) is 6.26 Å². The minimum atomic E-state index is -3.16. The zero-order chi connectivity index (χ0) is 20.2. The Morgan fingerprint density at radius 1 is 1.07 bits per heavy atom. The molecule has 0 aromatic heterocycles. The van der Waals surface area contributed by atoms with Gasteiger partial charge in [-0.05, 0) is 63.2 Å². The average molecular weight is 410 g/mol. The highest BCUT2D eigenvalue weighted by Crippen LogP contribution is 2.25. The molecule has 2 aromatic carbocycles. The van der Waals surface area contributed by atoms with Gasteiger partial charge in [-0.2, -0.15) is 0 Å². The lowest BCUT2D eigenvalue weighted by atomic mass is 10.0.